The number of hydrogen-bond acceptors (Lipinski definition) is 1. The minimum absolute atomic E-state index is 0. The van der Waals surface area contributed by atoms with Crippen molar-refractivity contribution in [2.45, 2.75) is 40.2 Å². The van der Waals surface area contributed by atoms with E-state index in [2.05, 4.69) is 151 Å². The Bertz CT molecular complexity index is 2130. The molecule has 2 unspecified atom stereocenters. The zero-order chi connectivity index (χ0) is 38.7. The summed E-state index contributed by atoms with van der Waals surface area (Å²) >= 11 is 1.82. The first-order valence-electron chi connectivity index (χ1n) is 17.4. The fourth-order valence-corrected chi connectivity index (χ4v) is 7.09. The zero-order valence-corrected chi connectivity index (χ0v) is 38.2. The molecule has 7 rings (SSSR count). The van der Waals surface area contributed by atoms with Gasteiger partial charge in [-0.05, 0) is 54.4 Å². The number of fused-ring (bicyclic) bond motifs is 2. The monoisotopic (exact) mass is 942 g/mol. The van der Waals surface area contributed by atoms with Gasteiger partial charge < -0.3 is 17.4 Å². The first-order valence-corrected chi connectivity index (χ1v) is 20.2. The summed E-state index contributed by atoms with van der Waals surface area (Å²) in [6.45, 7) is 18.7. The Morgan fingerprint density at radius 1 is 0.679 bits per heavy atom. The van der Waals surface area contributed by atoms with Gasteiger partial charge >= 0.3 is 27.0 Å². The van der Waals surface area contributed by atoms with E-state index in [0.29, 0.717) is 0 Å². The number of methoxy groups -OCH3 is 1. The molecule has 0 aliphatic rings. The second kappa shape index (κ2) is 26.2. The molecule has 0 saturated heterocycles. The molecule has 0 heterocycles. The SMILES string of the molecule is Cc1cc(C)cc(C)c1.[Ar].[Ar].[Ar].[CH2-][C@@H](C)C([NH-])(c1[c-]cc(C)cc1)c1ccc(OC)cc1.[CH2-]c1ccc2ccccc2c1-c1c(P)ccc2ccccc12.[Cl][Ru]. The molecule has 0 radical (unpaired) electrons. The molecule has 0 spiro atoms. The third kappa shape index (κ3) is 13.9. The van der Waals surface area contributed by atoms with Crippen molar-refractivity contribution in [3.63, 3.8) is 0 Å². The van der Waals surface area contributed by atoms with Gasteiger partial charge in [0, 0.05) is 113 Å². The van der Waals surface area contributed by atoms with Crippen LogP contribution >= 0.6 is 18.9 Å². The Kier molecular flexibility index (Phi) is 25.2. The standard InChI is InChI=1S/C21H16P.C18H20NO.C9H12.3Ar.ClH.Ru/c1-14-10-11-15-6-2-4-8-17(15)20(14)21-18-9-5-3-7-16(18)12-13-19(21)22;1-13(2)18(19,15-7-5-14(3)6-8-15)16-9-11-17(20-4)12-10-16;1-7-4-8(2)6-9(3)5-7;;;;;/h2-13H,1,22H2;5-7,9-13,19H,1H2,2-4H3;4-6H,1-3H3;;;;1H;/q-1;-3;;;;;;+1/p-1/t;13-,18?;;;;;;/m.0....../s1. The predicted octanol–water partition coefficient (Wildman–Crippen LogP) is 13.2. The summed E-state index contributed by atoms with van der Waals surface area (Å²) in [5.74, 6) is 0.690. The van der Waals surface area contributed by atoms with Crippen LogP contribution in [0.1, 0.15) is 45.9 Å². The predicted molar refractivity (Wildman–Crippen MR) is 230 cm³/mol. The zero-order valence-electron chi connectivity index (χ0n) is 32.5. The van der Waals surface area contributed by atoms with E-state index in [4.69, 9.17) is 10.5 Å². The van der Waals surface area contributed by atoms with Crippen molar-refractivity contribution in [3.8, 4) is 16.9 Å². The average molecular weight is 942 g/mol. The van der Waals surface area contributed by atoms with Crippen molar-refractivity contribution in [1.82, 2.24) is 0 Å². The molecule has 0 bridgehead atoms. The third-order valence-electron chi connectivity index (χ3n) is 9.27. The van der Waals surface area contributed by atoms with Crippen molar-refractivity contribution < 1.29 is 135 Å². The Balaban J connectivity index is 0.000000428. The molecule has 0 amide bonds. The number of nitrogens with one attached hydrogen (secondary N) is 1. The van der Waals surface area contributed by atoms with Gasteiger partial charge in [0.2, 0.25) is 0 Å². The molecule has 0 saturated carbocycles. The summed E-state index contributed by atoms with van der Waals surface area (Å²) in [5.41, 5.74) is 18.5. The van der Waals surface area contributed by atoms with Crippen LogP contribution in [0.25, 0.3) is 38.4 Å². The Labute approximate surface area is 442 Å². The second-order valence-electron chi connectivity index (χ2n) is 13.5. The van der Waals surface area contributed by atoms with Gasteiger partial charge in [0.25, 0.3) is 0 Å². The molecular formula is C48H48Ar3ClNOPRu-4. The van der Waals surface area contributed by atoms with Gasteiger partial charge in [-0.3, -0.25) is 0 Å². The average Bonchev–Trinajstić information content (AvgIpc) is 3.16. The normalized spacial score (nSPS) is 11.6. The van der Waals surface area contributed by atoms with E-state index in [9.17, 15) is 0 Å². The first-order chi connectivity index (χ1) is 25.4. The van der Waals surface area contributed by atoms with Crippen LogP contribution in [-0.4, -0.2) is 7.11 Å². The van der Waals surface area contributed by atoms with Crippen LogP contribution in [0.3, 0.4) is 0 Å². The van der Waals surface area contributed by atoms with Gasteiger partial charge in [-0.25, -0.2) is 0 Å². The van der Waals surface area contributed by atoms with Crippen molar-refractivity contribution in [2.75, 3.05) is 7.11 Å². The molecule has 7 aromatic carbocycles. The number of hydrogen-bond donors (Lipinski definition) is 0. The van der Waals surface area contributed by atoms with Gasteiger partial charge in [0.15, 0.2) is 0 Å². The maximum atomic E-state index is 8.92. The third-order valence-corrected chi connectivity index (χ3v) is 9.75. The van der Waals surface area contributed by atoms with Crippen LogP contribution in [0.15, 0.2) is 133 Å². The van der Waals surface area contributed by atoms with E-state index < -0.39 is 5.54 Å². The van der Waals surface area contributed by atoms with Crippen molar-refractivity contribution in [3.05, 3.63) is 198 Å². The van der Waals surface area contributed by atoms with Crippen LogP contribution in [-0.2, 0) is 22.9 Å². The van der Waals surface area contributed by atoms with Crippen LogP contribution in [0.4, 0.5) is 0 Å². The number of rotatable bonds is 5. The van der Waals surface area contributed by atoms with Gasteiger partial charge in [0.05, 0.1) is 7.11 Å². The van der Waals surface area contributed by atoms with Crippen molar-refractivity contribution >= 4 is 45.8 Å². The molecule has 8 heteroatoms. The second-order valence-corrected chi connectivity index (χ2v) is 14.1. The summed E-state index contributed by atoms with van der Waals surface area (Å²) < 4.78 is 5.18. The molecule has 0 fully saturated rings. The van der Waals surface area contributed by atoms with E-state index in [1.54, 1.807) is 7.11 Å². The van der Waals surface area contributed by atoms with Crippen molar-refractivity contribution in [2.24, 2.45) is 5.92 Å². The van der Waals surface area contributed by atoms with Crippen LogP contribution in [0, 0.1) is 167 Å². The van der Waals surface area contributed by atoms with E-state index >= 15 is 0 Å². The summed E-state index contributed by atoms with van der Waals surface area (Å²) in [7, 11) is 9.09. The summed E-state index contributed by atoms with van der Waals surface area (Å²) in [6.07, 6.45) is 0. The number of aryl methyl sites for hydroxylation is 4. The Hall–Kier alpha value is -0.187. The summed E-state index contributed by atoms with van der Waals surface area (Å²) in [5, 5.41) is 6.25. The van der Waals surface area contributed by atoms with E-state index in [-0.39, 0.29) is 119 Å². The summed E-state index contributed by atoms with van der Waals surface area (Å²) in [4.78, 5) is 0. The van der Waals surface area contributed by atoms with Gasteiger partial charge in [-0.15, -0.1) is 26.4 Å². The molecule has 0 aliphatic heterocycles. The minimum atomic E-state index is -0.903. The molecule has 299 valence electrons. The number of halogens is 1. The maximum absolute atomic E-state index is 8.92. The van der Waals surface area contributed by atoms with E-state index in [0.717, 1.165) is 28.0 Å². The van der Waals surface area contributed by atoms with Crippen LogP contribution in [0.2, 0.25) is 0 Å². The molecule has 0 aromatic heterocycles. The summed E-state index contributed by atoms with van der Waals surface area (Å²) in [6, 6.07) is 49.0. The molecule has 7 aromatic rings. The topological polar surface area (TPSA) is 33.0 Å². The molecule has 56 heavy (non-hydrogen) atoms. The first kappa shape index (κ1) is 53.8. The molecule has 1 N–H and O–H groups in total. The molecular weight excluding hydrogens is 894 g/mol. The van der Waals surface area contributed by atoms with Gasteiger partial charge in [0.1, 0.15) is 5.75 Å². The quantitative estimate of drug-likeness (QED) is 0.0961. The van der Waals surface area contributed by atoms with Gasteiger partial charge in [-0.2, -0.15) is 59.9 Å². The Morgan fingerprint density at radius 2 is 1.16 bits per heavy atom. The molecule has 2 nitrogen and oxygen atoms in total. The molecule has 3 atom stereocenters. The molecule has 0 aliphatic carbocycles. The van der Waals surface area contributed by atoms with E-state index in [1.807, 2.05) is 73.6 Å². The number of ether oxygens (including phenoxy) is 1. The van der Waals surface area contributed by atoms with Crippen molar-refractivity contribution in [1.29, 1.82) is 0 Å². The van der Waals surface area contributed by atoms with Gasteiger partial charge in [-0.1, -0.05) is 138 Å². The fraction of sp³-hybridized carbons (Fsp3) is 0.167. The van der Waals surface area contributed by atoms with E-state index in [1.165, 1.54) is 54.7 Å². The number of benzene rings is 7. The van der Waals surface area contributed by atoms with Crippen LogP contribution < -0.4 is 10.0 Å². The Morgan fingerprint density at radius 3 is 1.62 bits per heavy atom. The fourth-order valence-electron chi connectivity index (χ4n) is 6.69. The van der Waals surface area contributed by atoms with Crippen LogP contribution in [0.5, 0.6) is 5.75 Å².